The standard InChI is InChI=1S/C18H19ClN6OS/c1-12(13-7-5-8-15(10-13)26-2)21-22-17-23-24-18(25(17)20)27-11-14-6-3-4-9-16(14)19/h3-10H,11,20H2,1-2H3,(H,22,23)/b21-12+. The zero-order valence-electron chi connectivity index (χ0n) is 14.9. The zero-order valence-corrected chi connectivity index (χ0v) is 16.5. The highest BCUT2D eigenvalue weighted by Gasteiger charge is 2.11. The molecule has 3 N–H and O–H groups in total. The van der Waals surface area contributed by atoms with Crippen LogP contribution >= 0.6 is 23.4 Å². The fourth-order valence-electron chi connectivity index (χ4n) is 2.26. The number of ether oxygens (including phenoxy) is 1. The smallest absolute Gasteiger partial charge is 0.264 e. The average molecular weight is 403 g/mol. The van der Waals surface area contributed by atoms with E-state index in [1.165, 1.54) is 16.4 Å². The summed E-state index contributed by atoms with van der Waals surface area (Å²) < 4.78 is 6.59. The number of methoxy groups -OCH3 is 1. The van der Waals surface area contributed by atoms with E-state index in [1.807, 2.05) is 55.5 Å². The van der Waals surface area contributed by atoms with Gasteiger partial charge in [-0.2, -0.15) is 5.10 Å². The van der Waals surface area contributed by atoms with E-state index in [2.05, 4.69) is 20.7 Å². The van der Waals surface area contributed by atoms with Gasteiger partial charge >= 0.3 is 0 Å². The number of nitrogen functional groups attached to an aromatic ring is 1. The van der Waals surface area contributed by atoms with Crippen LogP contribution in [0.4, 0.5) is 5.95 Å². The number of benzene rings is 2. The topological polar surface area (TPSA) is 90.3 Å². The Kier molecular flexibility index (Phi) is 6.20. The lowest BCUT2D eigenvalue weighted by Crippen LogP contribution is -2.13. The molecule has 0 spiro atoms. The first kappa shape index (κ1) is 19.1. The van der Waals surface area contributed by atoms with Crippen molar-refractivity contribution in [3.8, 4) is 5.75 Å². The summed E-state index contributed by atoms with van der Waals surface area (Å²) in [6, 6.07) is 15.3. The van der Waals surface area contributed by atoms with Gasteiger partial charge in [-0.05, 0) is 30.7 Å². The second-order valence-corrected chi connectivity index (χ2v) is 6.95. The molecule has 2 aromatic carbocycles. The lowest BCUT2D eigenvalue weighted by Gasteiger charge is -2.06. The van der Waals surface area contributed by atoms with E-state index in [0.717, 1.165) is 22.6 Å². The third-order valence-corrected chi connectivity index (χ3v) is 5.15. The van der Waals surface area contributed by atoms with Gasteiger partial charge in [-0.25, -0.2) is 10.1 Å². The van der Waals surface area contributed by atoms with E-state index in [-0.39, 0.29) is 0 Å². The molecule has 9 heteroatoms. The number of nitrogens with one attached hydrogen (secondary N) is 1. The largest absolute Gasteiger partial charge is 0.497 e. The number of hydrazone groups is 1. The third-order valence-electron chi connectivity index (χ3n) is 3.79. The number of nitrogens with zero attached hydrogens (tertiary/aromatic N) is 4. The number of anilines is 1. The van der Waals surface area contributed by atoms with E-state index in [9.17, 15) is 0 Å². The minimum Gasteiger partial charge on any atom is -0.497 e. The maximum absolute atomic E-state index is 6.17. The van der Waals surface area contributed by atoms with Gasteiger partial charge < -0.3 is 10.6 Å². The minimum atomic E-state index is 0.346. The Hall–Kier alpha value is -2.71. The van der Waals surface area contributed by atoms with Crippen LogP contribution in [0.5, 0.6) is 5.75 Å². The number of nitrogens with two attached hydrogens (primary N) is 1. The summed E-state index contributed by atoms with van der Waals surface area (Å²) in [7, 11) is 1.63. The zero-order chi connectivity index (χ0) is 19.2. The van der Waals surface area contributed by atoms with Crippen molar-refractivity contribution in [2.75, 3.05) is 18.4 Å². The molecule has 27 heavy (non-hydrogen) atoms. The van der Waals surface area contributed by atoms with Gasteiger partial charge in [-0.15, -0.1) is 10.2 Å². The maximum atomic E-state index is 6.17. The van der Waals surface area contributed by atoms with E-state index in [0.29, 0.717) is 21.9 Å². The predicted octanol–water partition coefficient (Wildman–Crippen LogP) is 3.78. The molecule has 0 saturated carbocycles. The molecular formula is C18H19ClN6OS. The Morgan fingerprint density at radius 2 is 2.07 bits per heavy atom. The van der Waals surface area contributed by atoms with Gasteiger partial charge in [0.25, 0.3) is 5.95 Å². The summed E-state index contributed by atoms with van der Waals surface area (Å²) in [6.45, 7) is 1.88. The Bertz CT molecular complexity index is 959. The lowest BCUT2D eigenvalue weighted by atomic mass is 10.1. The monoisotopic (exact) mass is 402 g/mol. The van der Waals surface area contributed by atoms with Crippen LogP contribution in [-0.2, 0) is 5.75 Å². The number of hydrogen-bond acceptors (Lipinski definition) is 7. The molecule has 1 aromatic heterocycles. The number of rotatable bonds is 7. The van der Waals surface area contributed by atoms with Crippen molar-refractivity contribution >= 4 is 35.0 Å². The summed E-state index contributed by atoms with van der Waals surface area (Å²) in [5.74, 6) is 7.81. The molecule has 0 fully saturated rings. The molecular weight excluding hydrogens is 384 g/mol. The first-order chi connectivity index (χ1) is 13.1. The molecule has 0 saturated heterocycles. The fourth-order valence-corrected chi connectivity index (χ4v) is 3.40. The Morgan fingerprint density at radius 3 is 2.85 bits per heavy atom. The first-order valence-electron chi connectivity index (χ1n) is 8.10. The van der Waals surface area contributed by atoms with Crippen molar-refractivity contribution in [2.45, 2.75) is 17.8 Å². The molecule has 1 heterocycles. The molecule has 0 unspecified atom stereocenters. The van der Waals surface area contributed by atoms with Crippen LogP contribution in [-0.4, -0.2) is 27.7 Å². The average Bonchev–Trinajstić information content (AvgIpc) is 3.05. The van der Waals surface area contributed by atoms with Crippen LogP contribution < -0.4 is 16.0 Å². The Balaban J connectivity index is 1.67. The van der Waals surface area contributed by atoms with E-state index in [4.69, 9.17) is 22.2 Å². The van der Waals surface area contributed by atoms with E-state index in [1.54, 1.807) is 7.11 Å². The van der Waals surface area contributed by atoms with Gasteiger partial charge in [0, 0.05) is 16.3 Å². The number of halogens is 1. The minimum absolute atomic E-state index is 0.346. The van der Waals surface area contributed by atoms with Crippen LogP contribution in [0, 0.1) is 0 Å². The molecule has 3 aromatic rings. The summed E-state index contributed by atoms with van der Waals surface area (Å²) >= 11 is 7.62. The Morgan fingerprint density at radius 1 is 1.26 bits per heavy atom. The van der Waals surface area contributed by atoms with Gasteiger partial charge in [0.1, 0.15) is 5.75 Å². The highest BCUT2D eigenvalue weighted by Crippen LogP contribution is 2.25. The van der Waals surface area contributed by atoms with Crippen LogP contribution in [0.15, 0.2) is 58.8 Å². The summed E-state index contributed by atoms with van der Waals surface area (Å²) in [4.78, 5) is 0. The van der Waals surface area contributed by atoms with Crippen molar-refractivity contribution in [3.05, 3.63) is 64.7 Å². The molecule has 0 amide bonds. The molecule has 140 valence electrons. The maximum Gasteiger partial charge on any atom is 0.264 e. The van der Waals surface area contributed by atoms with Gasteiger partial charge in [-0.3, -0.25) is 0 Å². The fraction of sp³-hybridized carbons (Fsp3) is 0.167. The quantitative estimate of drug-likeness (QED) is 0.270. The van der Waals surface area contributed by atoms with Crippen molar-refractivity contribution in [3.63, 3.8) is 0 Å². The van der Waals surface area contributed by atoms with Crippen molar-refractivity contribution in [1.82, 2.24) is 14.9 Å². The van der Waals surface area contributed by atoms with Gasteiger partial charge in [0.05, 0.1) is 12.8 Å². The highest BCUT2D eigenvalue weighted by molar-refractivity contribution is 7.98. The lowest BCUT2D eigenvalue weighted by molar-refractivity contribution is 0.414. The number of thioether (sulfide) groups is 1. The van der Waals surface area contributed by atoms with Crippen molar-refractivity contribution in [2.24, 2.45) is 5.10 Å². The van der Waals surface area contributed by atoms with E-state index < -0.39 is 0 Å². The molecule has 0 aliphatic heterocycles. The van der Waals surface area contributed by atoms with Gasteiger partial charge in [0.2, 0.25) is 5.16 Å². The normalized spacial score (nSPS) is 11.4. The van der Waals surface area contributed by atoms with Crippen molar-refractivity contribution < 1.29 is 4.74 Å². The predicted molar refractivity (Wildman–Crippen MR) is 110 cm³/mol. The van der Waals surface area contributed by atoms with Crippen molar-refractivity contribution in [1.29, 1.82) is 0 Å². The molecule has 7 nitrogen and oxygen atoms in total. The van der Waals surface area contributed by atoms with E-state index >= 15 is 0 Å². The first-order valence-corrected chi connectivity index (χ1v) is 9.46. The van der Waals surface area contributed by atoms with Crippen LogP contribution in [0.25, 0.3) is 0 Å². The SMILES string of the molecule is COc1cccc(/C(C)=N/Nc2nnc(SCc3ccccc3Cl)n2N)c1. The highest BCUT2D eigenvalue weighted by atomic mass is 35.5. The molecule has 0 aliphatic rings. The second-order valence-electron chi connectivity index (χ2n) is 5.60. The third kappa shape index (κ3) is 4.72. The second kappa shape index (κ2) is 8.79. The van der Waals surface area contributed by atoms with Crippen LogP contribution in [0.3, 0.4) is 0 Å². The molecule has 0 bridgehead atoms. The van der Waals surface area contributed by atoms with Gasteiger partial charge in [-0.1, -0.05) is 53.7 Å². The van der Waals surface area contributed by atoms with Gasteiger partial charge in [0.15, 0.2) is 0 Å². The molecule has 0 radical (unpaired) electrons. The summed E-state index contributed by atoms with van der Waals surface area (Å²) in [6.07, 6.45) is 0. The molecule has 3 rings (SSSR count). The number of aromatic nitrogens is 3. The summed E-state index contributed by atoms with van der Waals surface area (Å²) in [5, 5.41) is 13.7. The molecule has 0 aliphatic carbocycles. The van der Waals surface area contributed by atoms with Crippen LogP contribution in [0.1, 0.15) is 18.1 Å². The summed E-state index contributed by atoms with van der Waals surface area (Å²) in [5.41, 5.74) is 5.55. The number of hydrogen-bond donors (Lipinski definition) is 2. The molecule has 0 atom stereocenters. The van der Waals surface area contributed by atoms with Crippen LogP contribution in [0.2, 0.25) is 5.02 Å². The Labute approximate surface area is 166 Å².